The second-order valence-electron chi connectivity index (χ2n) is 2.95. The highest BCUT2D eigenvalue weighted by molar-refractivity contribution is 5.93. The van der Waals surface area contributed by atoms with Crippen molar-refractivity contribution < 1.29 is 0 Å². The van der Waals surface area contributed by atoms with Crippen molar-refractivity contribution in [2.24, 2.45) is 4.99 Å². The molecule has 1 nitrogen and oxygen atoms in total. The van der Waals surface area contributed by atoms with Gasteiger partial charge in [0.2, 0.25) is 0 Å². The van der Waals surface area contributed by atoms with Crippen molar-refractivity contribution in [2.45, 2.75) is 0 Å². The molecule has 0 unspecified atom stereocenters. The van der Waals surface area contributed by atoms with Gasteiger partial charge >= 0.3 is 0 Å². The van der Waals surface area contributed by atoms with Gasteiger partial charge in [-0.05, 0) is 22.8 Å². The van der Waals surface area contributed by atoms with E-state index in [9.17, 15) is 0 Å². The molecule has 0 saturated heterocycles. The molecule has 2 aliphatic carbocycles. The largest absolute Gasteiger partial charge is 0.288 e. The Morgan fingerprint density at radius 3 is 3.36 bits per heavy atom. The first-order valence-corrected chi connectivity index (χ1v) is 3.79. The molecule has 0 aromatic rings. The number of rotatable bonds is 0. The summed E-state index contributed by atoms with van der Waals surface area (Å²) in [5.41, 5.74) is 5.41. The second kappa shape index (κ2) is 1.62. The van der Waals surface area contributed by atoms with E-state index in [1.54, 1.807) is 0 Å². The SMILES string of the molecule is C1=CC2=C3C=NCC(=C3)C2=C1. The molecule has 1 heteroatoms. The van der Waals surface area contributed by atoms with Gasteiger partial charge in [-0.1, -0.05) is 18.2 Å². The Hall–Kier alpha value is -1.37. The lowest BCUT2D eigenvalue weighted by molar-refractivity contribution is 1.17. The molecular formula is C10H7N. The molecule has 11 heavy (non-hydrogen) atoms. The molecule has 0 N–H and O–H groups in total. The van der Waals surface area contributed by atoms with Crippen LogP contribution in [0.1, 0.15) is 0 Å². The molecule has 0 fully saturated rings. The van der Waals surface area contributed by atoms with Crippen LogP contribution in [0.4, 0.5) is 0 Å². The third kappa shape index (κ3) is 0.535. The molecule has 0 saturated carbocycles. The van der Waals surface area contributed by atoms with Gasteiger partial charge in [0.1, 0.15) is 0 Å². The van der Waals surface area contributed by atoms with Crippen molar-refractivity contribution in [1.82, 2.24) is 0 Å². The maximum Gasteiger partial charge on any atom is 0.0646 e. The summed E-state index contributed by atoms with van der Waals surface area (Å²) in [5.74, 6) is 0. The Kier molecular flexibility index (Phi) is 0.779. The molecule has 1 heterocycles. The maximum absolute atomic E-state index is 4.26. The Balaban J connectivity index is 2.31. The molecule has 3 aliphatic rings. The Labute approximate surface area is 65.1 Å². The lowest BCUT2D eigenvalue weighted by Crippen LogP contribution is -1.91. The first-order chi connectivity index (χ1) is 5.45. The number of allylic oxidation sites excluding steroid dienone is 6. The lowest BCUT2D eigenvalue weighted by Gasteiger charge is -2.00. The summed E-state index contributed by atoms with van der Waals surface area (Å²) in [4.78, 5) is 4.26. The van der Waals surface area contributed by atoms with Gasteiger partial charge in [0.15, 0.2) is 0 Å². The van der Waals surface area contributed by atoms with Crippen LogP contribution in [0.3, 0.4) is 0 Å². The minimum absolute atomic E-state index is 0.862. The third-order valence-corrected chi connectivity index (χ3v) is 2.29. The van der Waals surface area contributed by atoms with E-state index >= 15 is 0 Å². The third-order valence-electron chi connectivity index (χ3n) is 2.29. The molecule has 0 radical (unpaired) electrons. The molecule has 1 aliphatic heterocycles. The first-order valence-electron chi connectivity index (χ1n) is 3.79. The molecule has 52 valence electrons. The van der Waals surface area contributed by atoms with Crippen molar-refractivity contribution in [1.29, 1.82) is 0 Å². The van der Waals surface area contributed by atoms with Gasteiger partial charge in [-0.15, -0.1) is 0 Å². The van der Waals surface area contributed by atoms with Crippen LogP contribution < -0.4 is 0 Å². The zero-order valence-electron chi connectivity index (χ0n) is 6.04. The quantitative estimate of drug-likeness (QED) is 0.487. The number of hydrogen-bond acceptors (Lipinski definition) is 1. The Morgan fingerprint density at radius 2 is 2.36 bits per heavy atom. The van der Waals surface area contributed by atoms with Crippen molar-refractivity contribution in [3.63, 3.8) is 0 Å². The van der Waals surface area contributed by atoms with Crippen LogP contribution in [-0.2, 0) is 0 Å². The highest BCUT2D eigenvalue weighted by Crippen LogP contribution is 2.36. The normalized spacial score (nSPS) is 24.0. The predicted molar refractivity (Wildman–Crippen MR) is 45.7 cm³/mol. The minimum Gasteiger partial charge on any atom is -0.288 e. The summed E-state index contributed by atoms with van der Waals surface area (Å²) in [6, 6.07) is 0. The maximum atomic E-state index is 4.26. The van der Waals surface area contributed by atoms with Crippen molar-refractivity contribution >= 4 is 6.21 Å². The van der Waals surface area contributed by atoms with Gasteiger partial charge in [-0.2, -0.15) is 0 Å². The van der Waals surface area contributed by atoms with Gasteiger partial charge in [0, 0.05) is 11.8 Å². The van der Waals surface area contributed by atoms with E-state index in [0.717, 1.165) is 6.54 Å². The van der Waals surface area contributed by atoms with E-state index in [0.29, 0.717) is 0 Å². The van der Waals surface area contributed by atoms with Gasteiger partial charge < -0.3 is 0 Å². The fourth-order valence-corrected chi connectivity index (χ4v) is 1.78. The topological polar surface area (TPSA) is 12.4 Å². The van der Waals surface area contributed by atoms with E-state index in [4.69, 9.17) is 0 Å². The standard InChI is InChI=1S/C10H7N/c1-2-9-7-4-8(6-11-5-7)10(9)3-1/h1-5H,6H2. The van der Waals surface area contributed by atoms with Crippen molar-refractivity contribution in [3.8, 4) is 0 Å². The summed E-state index contributed by atoms with van der Waals surface area (Å²) in [6.45, 7) is 0.862. The number of hydrogen-bond donors (Lipinski definition) is 0. The van der Waals surface area contributed by atoms with E-state index in [1.165, 1.54) is 22.3 Å². The first kappa shape index (κ1) is 5.30. The van der Waals surface area contributed by atoms with Gasteiger partial charge in [-0.3, -0.25) is 4.99 Å². The average Bonchev–Trinajstić information content (AvgIpc) is 2.58. The van der Waals surface area contributed by atoms with Crippen LogP contribution in [0.5, 0.6) is 0 Å². The molecule has 0 amide bonds. The fraction of sp³-hybridized carbons (Fsp3) is 0.100. The van der Waals surface area contributed by atoms with Crippen molar-refractivity contribution in [3.05, 3.63) is 46.6 Å². The number of dihydropyridines is 1. The molecule has 0 atom stereocenters. The number of nitrogens with zero attached hydrogens (tertiary/aromatic N) is 1. The predicted octanol–water partition coefficient (Wildman–Crippen LogP) is 1.80. The van der Waals surface area contributed by atoms with Gasteiger partial charge in [0.05, 0.1) is 6.54 Å². The lowest BCUT2D eigenvalue weighted by atomic mass is 10.1. The van der Waals surface area contributed by atoms with Crippen LogP contribution in [0.2, 0.25) is 0 Å². The van der Waals surface area contributed by atoms with Crippen molar-refractivity contribution in [2.75, 3.05) is 6.54 Å². The average molecular weight is 141 g/mol. The highest BCUT2D eigenvalue weighted by atomic mass is 14.7. The zero-order valence-corrected chi connectivity index (χ0v) is 6.04. The fourth-order valence-electron chi connectivity index (χ4n) is 1.78. The molecule has 0 aromatic heterocycles. The van der Waals surface area contributed by atoms with E-state index in [2.05, 4.69) is 29.3 Å². The zero-order chi connectivity index (χ0) is 7.26. The number of aliphatic imine (C=N–C) groups is 1. The summed E-state index contributed by atoms with van der Waals surface area (Å²) in [5, 5.41) is 0. The molecule has 0 aromatic carbocycles. The monoisotopic (exact) mass is 141 g/mol. The van der Waals surface area contributed by atoms with Crippen LogP contribution in [-0.4, -0.2) is 12.8 Å². The summed E-state index contributed by atoms with van der Waals surface area (Å²) in [6.07, 6.45) is 10.6. The molecule has 2 bridgehead atoms. The molecule has 3 rings (SSSR count). The van der Waals surface area contributed by atoms with Crippen LogP contribution in [0.15, 0.2) is 51.6 Å². The van der Waals surface area contributed by atoms with E-state index in [1.807, 2.05) is 6.21 Å². The number of fused-ring (bicyclic) bond motifs is 3. The molecular weight excluding hydrogens is 134 g/mol. The van der Waals surface area contributed by atoms with Crippen LogP contribution in [0.25, 0.3) is 0 Å². The van der Waals surface area contributed by atoms with E-state index in [-0.39, 0.29) is 0 Å². The summed E-state index contributed by atoms with van der Waals surface area (Å²) >= 11 is 0. The van der Waals surface area contributed by atoms with E-state index < -0.39 is 0 Å². The second-order valence-corrected chi connectivity index (χ2v) is 2.95. The smallest absolute Gasteiger partial charge is 0.0646 e. The minimum atomic E-state index is 0.862. The Bertz CT molecular complexity index is 376. The van der Waals surface area contributed by atoms with Gasteiger partial charge in [0.25, 0.3) is 0 Å². The highest BCUT2D eigenvalue weighted by Gasteiger charge is 2.22. The van der Waals surface area contributed by atoms with Crippen LogP contribution >= 0.6 is 0 Å². The van der Waals surface area contributed by atoms with Crippen LogP contribution in [0, 0.1) is 0 Å². The van der Waals surface area contributed by atoms with Gasteiger partial charge in [-0.25, -0.2) is 0 Å². The summed E-state index contributed by atoms with van der Waals surface area (Å²) < 4.78 is 0. The molecule has 0 spiro atoms. The Morgan fingerprint density at radius 1 is 1.36 bits per heavy atom. The summed E-state index contributed by atoms with van der Waals surface area (Å²) in [7, 11) is 0.